The van der Waals surface area contributed by atoms with Gasteiger partial charge in [0.25, 0.3) is 0 Å². The number of aryl methyl sites for hydroxylation is 1. The number of carbonyl (C=O) groups is 1. The van der Waals surface area contributed by atoms with Crippen LogP contribution in [-0.4, -0.2) is 44.2 Å². The van der Waals surface area contributed by atoms with Crippen molar-refractivity contribution in [2.24, 2.45) is 0 Å². The highest BCUT2D eigenvalue weighted by Gasteiger charge is 2.14. The van der Waals surface area contributed by atoms with Gasteiger partial charge in [-0.05, 0) is 24.0 Å². The number of benzene rings is 1. The van der Waals surface area contributed by atoms with Gasteiger partial charge >= 0.3 is 0 Å². The summed E-state index contributed by atoms with van der Waals surface area (Å²) in [5, 5.41) is 10.7. The molecule has 0 spiro atoms. The zero-order chi connectivity index (χ0) is 21.4. The van der Waals surface area contributed by atoms with E-state index in [9.17, 15) is 9.90 Å². The molecule has 0 heterocycles. The van der Waals surface area contributed by atoms with Gasteiger partial charge < -0.3 is 19.1 Å². The summed E-state index contributed by atoms with van der Waals surface area (Å²) in [6, 6.07) is 8.71. The molecule has 1 aromatic rings. The molecule has 166 valence electrons. The third-order valence-electron chi connectivity index (χ3n) is 5.51. The van der Waals surface area contributed by atoms with Crippen molar-refractivity contribution < 1.29 is 19.1 Å². The molecule has 0 N–H and O–H groups in total. The van der Waals surface area contributed by atoms with Crippen molar-refractivity contribution in [2.75, 3.05) is 33.8 Å². The van der Waals surface area contributed by atoms with E-state index in [0.717, 1.165) is 6.42 Å². The number of rotatable bonds is 18. The van der Waals surface area contributed by atoms with Crippen LogP contribution in [0.15, 0.2) is 24.3 Å². The van der Waals surface area contributed by atoms with Crippen molar-refractivity contribution in [1.29, 1.82) is 0 Å². The molecule has 0 radical (unpaired) electrons. The fourth-order valence-electron chi connectivity index (χ4n) is 3.55. The van der Waals surface area contributed by atoms with Crippen LogP contribution in [0.25, 0.3) is 0 Å². The number of carboxylic acid groups (broad SMARTS) is 1. The molecule has 0 saturated carbocycles. The third kappa shape index (κ3) is 14.3. The lowest BCUT2D eigenvalue weighted by atomic mass is 10.0. The molecule has 0 amide bonds. The molecule has 0 aliphatic carbocycles. The number of hydrogen-bond acceptors (Lipinski definition) is 3. The van der Waals surface area contributed by atoms with Gasteiger partial charge in [0.1, 0.15) is 13.1 Å². The molecule has 0 aromatic heterocycles. The van der Waals surface area contributed by atoms with E-state index >= 15 is 0 Å². The Morgan fingerprint density at radius 2 is 1.38 bits per heavy atom. The minimum absolute atomic E-state index is 0.0109. The van der Waals surface area contributed by atoms with Gasteiger partial charge in [0.15, 0.2) is 0 Å². The number of ether oxygens (including phenoxy) is 1. The van der Waals surface area contributed by atoms with Crippen LogP contribution in [0.5, 0.6) is 0 Å². The summed E-state index contributed by atoms with van der Waals surface area (Å²) in [5.41, 5.74) is 2.57. The van der Waals surface area contributed by atoms with E-state index in [-0.39, 0.29) is 6.54 Å². The van der Waals surface area contributed by atoms with E-state index in [1.54, 1.807) is 0 Å². The smallest absolute Gasteiger partial charge is 0.119 e. The fraction of sp³-hybridized carbons (Fsp3) is 0.720. The van der Waals surface area contributed by atoms with E-state index < -0.39 is 5.97 Å². The molecule has 0 aliphatic rings. The van der Waals surface area contributed by atoms with Crippen molar-refractivity contribution in [3.8, 4) is 0 Å². The highest BCUT2D eigenvalue weighted by molar-refractivity contribution is 5.65. The standard InChI is InChI=1S/C25H43NO3/c1-4-5-6-7-8-9-10-11-12-13-14-23-15-17-24(18-16-23)22-29-20-19-26(2,3)21-25(27)28/h15-18H,4-14,19-22H2,1-3H3. The number of quaternary nitrogens is 1. The lowest BCUT2D eigenvalue weighted by Gasteiger charge is -2.29. The van der Waals surface area contributed by atoms with E-state index in [2.05, 4.69) is 31.2 Å². The van der Waals surface area contributed by atoms with E-state index in [4.69, 9.17) is 4.74 Å². The molecule has 29 heavy (non-hydrogen) atoms. The lowest BCUT2D eigenvalue weighted by molar-refractivity contribution is -0.885. The first-order valence-electron chi connectivity index (χ1n) is 11.6. The Bertz CT molecular complexity index is 540. The minimum Gasteiger partial charge on any atom is -0.544 e. The molecule has 4 heteroatoms. The van der Waals surface area contributed by atoms with Crippen molar-refractivity contribution in [1.82, 2.24) is 0 Å². The maximum atomic E-state index is 10.7. The Balaban J connectivity index is 2.07. The van der Waals surface area contributed by atoms with Gasteiger partial charge in [0.2, 0.25) is 0 Å². The van der Waals surface area contributed by atoms with Gasteiger partial charge in [0.05, 0.1) is 33.3 Å². The van der Waals surface area contributed by atoms with E-state index in [1.807, 2.05) is 14.1 Å². The number of likely N-dealkylation sites (N-methyl/N-ethyl adjacent to an activating group) is 1. The van der Waals surface area contributed by atoms with Crippen LogP contribution < -0.4 is 5.11 Å². The van der Waals surface area contributed by atoms with Gasteiger partial charge in [-0.2, -0.15) is 0 Å². The van der Waals surface area contributed by atoms with E-state index in [0.29, 0.717) is 24.2 Å². The van der Waals surface area contributed by atoms with Crippen LogP contribution >= 0.6 is 0 Å². The second kappa shape index (κ2) is 15.4. The molecule has 4 nitrogen and oxygen atoms in total. The Morgan fingerprint density at radius 3 is 1.93 bits per heavy atom. The molecule has 0 atom stereocenters. The highest BCUT2D eigenvalue weighted by atomic mass is 16.5. The fourth-order valence-corrected chi connectivity index (χ4v) is 3.55. The first-order valence-corrected chi connectivity index (χ1v) is 11.6. The first-order chi connectivity index (χ1) is 13.9. The zero-order valence-corrected chi connectivity index (χ0v) is 19.1. The first kappa shape index (κ1) is 25.6. The number of nitrogens with zero attached hydrogens (tertiary/aromatic N) is 1. The average molecular weight is 406 g/mol. The van der Waals surface area contributed by atoms with Crippen molar-refractivity contribution in [3.05, 3.63) is 35.4 Å². The number of hydrogen-bond donors (Lipinski definition) is 0. The SMILES string of the molecule is CCCCCCCCCCCCc1ccc(COCC[N+](C)(C)CC(=O)[O-])cc1. The molecule has 1 aromatic carbocycles. The summed E-state index contributed by atoms with van der Waals surface area (Å²) in [6.45, 7) is 4.05. The lowest BCUT2D eigenvalue weighted by Crippen LogP contribution is -2.49. The number of aliphatic carboxylic acids is 1. The van der Waals surface area contributed by atoms with Crippen LogP contribution in [0.3, 0.4) is 0 Å². The Hall–Kier alpha value is -1.39. The molecule has 0 bridgehead atoms. The minimum atomic E-state index is -1.02. The monoisotopic (exact) mass is 405 g/mol. The summed E-state index contributed by atoms with van der Waals surface area (Å²) in [4.78, 5) is 10.7. The van der Waals surface area contributed by atoms with Gasteiger partial charge in [-0.1, -0.05) is 89.0 Å². The maximum Gasteiger partial charge on any atom is 0.119 e. The third-order valence-corrected chi connectivity index (χ3v) is 5.51. The summed E-state index contributed by atoms with van der Waals surface area (Å²) in [5.74, 6) is -1.02. The van der Waals surface area contributed by atoms with E-state index in [1.165, 1.54) is 75.3 Å². The normalized spacial score (nSPS) is 11.7. The van der Waals surface area contributed by atoms with Crippen molar-refractivity contribution in [2.45, 2.75) is 84.2 Å². The molecule has 0 unspecified atom stereocenters. The summed E-state index contributed by atoms with van der Waals surface area (Å²) < 4.78 is 6.09. The summed E-state index contributed by atoms with van der Waals surface area (Å²) >= 11 is 0. The Morgan fingerprint density at radius 1 is 0.862 bits per heavy atom. The summed E-state index contributed by atoms with van der Waals surface area (Å²) in [7, 11) is 3.75. The van der Waals surface area contributed by atoms with Crippen molar-refractivity contribution in [3.63, 3.8) is 0 Å². The van der Waals surface area contributed by atoms with Gasteiger partial charge in [0, 0.05) is 0 Å². The number of carboxylic acids is 1. The zero-order valence-electron chi connectivity index (χ0n) is 19.1. The molecule has 0 saturated heterocycles. The predicted octanol–water partition coefficient (Wildman–Crippen LogP) is 4.49. The molecule has 0 aliphatic heterocycles. The number of unbranched alkanes of at least 4 members (excludes halogenated alkanes) is 9. The Labute approximate surface area is 178 Å². The van der Waals surface area contributed by atoms with Gasteiger partial charge in [-0.25, -0.2) is 0 Å². The molecule has 1 rings (SSSR count). The molecular weight excluding hydrogens is 362 g/mol. The molecule has 0 fully saturated rings. The second-order valence-electron chi connectivity index (χ2n) is 8.99. The average Bonchev–Trinajstić information content (AvgIpc) is 2.67. The quantitative estimate of drug-likeness (QED) is 0.267. The van der Waals surface area contributed by atoms with Crippen LogP contribution in [0, 0.1) is 0 Å². The summed E-state index contributed by atoms with van der Waals surface area (Å²) in [6.07, 6.45) is 14.9. The Kier molecular flexibility index (Phi) is 13.7. The van der Waals surface area contributed by atoms with Crippen LogP contribution in [0.4, 0.5) is 0 Å². The highest BCUT2D eigenvalue weighted by Crippen LogP contribution is 2.13. The van der Waals surface area contributed by atoms with Gasteiger partial charge in [-0.15, -0.1) is 0 Å². The predicted molar refractivity (Wildman–Crippen MR) is 118 cm³/mol. The number of carbonyl (C=O) groups excluding carboxylic acids is 1. The van der Waals surface area contributed by atoms with Crippen molar-refractivity contribution >= 4 is 5.97 Å². The second-order valence-corrected chi connectivity index (χ2v) is 8.99. The largest absolute Gasteiger partial charge is 0.544 e. The van der Waals surface area contributed by atoms with Gasteiger partial charge in [-0.3, -0.25) is 0 Å². The maximum absolute atomic E-state index is 10.7. The topological polar surface area (TPSA) is 49.4 Å². The molecular formula is C25H43NO3. The van der Waals surface area contributed by atoms with Crippen LogP contribution in [-0.2, 0) is 22.6 Å². The van der Waals surface area contributed by atoms with Crippen LogP contribution in [0.2, 0.25) is 0 Å². The van der Waals surface area contributed by atoms with Crippen LogP contribution in [0.1, 0.15) is 82.3 Å².